The molecule has 0 unspecified atom stereocenters. The van der Waals surface area contributed by atoms with Gasteiger partial charge in [-0.05, 0) is 29.8 Å². The van der Waals surface area contributed by atoms with Gasteiger partial charge < -0.3 is 19.5 Å². The quantitative estimate of drug-likeness (QED) is 0.787. The molecular weight excluding hydrogens is 318 g/mol. The van der Waals surface area contributed by atoms with E-state index in [1.54, 1.807) is 14.2 Å². The second-order valence-corrected chi connectivity index (χ2v) is 5.10. The number of ether oxygens (including phenoxy) is 3. The molecule has 0 bridgehead atoms. The van der Waals surface area contributed by atoms with Crippen molar-refractivity contribution in [2.75, 3.05) is 27.4 Å². The minimum atomic E-state index is -0.0896. The lowest BCUT2D eigenvalue weighted by Gasteiger charge is -2.07. The van der Waals surface area contributed by atoms with E-state index in [-0.39, 0.29) is 25.5 Å². The summed E-state index contributed by atoms with van der Waals surface area (Å²) in [6, 6.07) is 14.8. The van der Waals surface area contributed by atoms with Crippen LogP contribution in [0.3, 0.4) is 0 Å². The van der Waals surface area contributed by atoms with Gasteiger partial charge in [0.15, 0.2) is 11.5 Å². The van der Waals surface area contributed by atoms with Gasteiger partial charge in [-0.25, -0.2) is 0 Å². The van der Waals surface area contributed by atoms with Gasteiger partial charge in [0.1, 0.15) is 12.4 Å². The second-order valence-electron chi connectivity index (χ2n) is 5.10. The van der Waals surface area contributed by atoms with E-state index in [1.807, 2.05) is 48.5 Å². The smallest absolute Gasteiger partial charge is 0.225 e. The molecule has 0 aromatic heterocycles. The molecule has 0 heterocycles. The highest BCUT2D eigenvalue weighted by molar-refractivity contribution is 5.78. The molecule has 2 aromatic rings. The summed E-state index contributed by atoms with van der Waals surface area (Å²) < 4.78 is 15.9. The number of carbonyl (C=O) groups is 1. The highest BCUT2D eigenvalue weighted by Gasteiger charge is 2.03. The van der Waals surface area contributed by atoms with Gasteiger partial charge in [-0.1, -0.05) is 36.1 Å². The summed E-state index contributed by atoms with van der Waals surface area (Å²) >= 11 is 0. The number of nitrogens with one attached hydrogen (secondary N) is 1. The van der Waals surface area contributed by atoms with Crippen molar-refractivity contribution < 1.29 is 19.0 Å². The SMILES string of the molecule is COc1cccc(CC(=O)NCC#CCOc2ccccc2OC)c1. The van der Waals surface area contributed by atoms with Crippen LogP contribution in [0.5, 0.6) is 17.2 Å². The summed E-state index contributed by atoms with van der Waals surface area (Å²) in [4.78, 5) is 11.9. The van der Waals surface area contributed by atoms with Gasteiger partial charge in [-0.15, -0.1) is 0 Å². The molecule has 2 aromatic carbocycles. The molecule has 0 saturated heterocycles. The van der Waals surface area contributed by atoms with E-state index in [1.165, 1.54) is 0 Å². The summed E-state index contributed by atoms with van der Waals surface area (Å²) in [5.74, 6) is 7.67. The number of methoxy groups -OCH3 is 2. The summed E-state index contributed by atoms with van der Waals surface area (Å²) in [5.41, 5.74) is 0.893. The van der Waals surface area contributed by atoms with Gasteiger partial charge in [0, 0.05) is 0 Å². The summed E-state index contributed by atoms with van der Waals surface area (Å²) in [5, 5.41) is 2.76. The van der Waals surface area contributed by atoms with Crippen LogP contribution in [0.4, 0.5) is 0 Å². The third-order valence-corrected chi connectivity index (χ3v) is 3.37. The molecule has 5 nitrogen and oxygen atoms in total. The van der Waals surface area contributed by atoms with Crippen LogP contribution in [-0.4, -0.2) is 33.3 Å². The second kappa shape index (κ2) is 9.89. The first-order valence-electron chi connectivity index (χ1n) is 7.84. The summed E-state index contributed by atoms with van der Waals surface area (Å²) in [6.07, 6.45) is 0.288. The van der Waals surface area contributed by atoms with Crippen LogP contribution in [0.1, 0.15) is 5.56 Å². The van der Waals surface area contributed by atoms with Gasteiger partial charge in [0.2, 0.25) is 5.91 Å². The maximum atomic E-state index is 11.9. The average molecular weight is 339 g/mol. The number of para-hydroxylation sites is 2. The Hall–Kier alpha value is -3.13. The van der Waals surface area contributed by atoms with Crippen molar-refractivity contribution in [2.45, 2.75) is 6.42 Å². The van der Waals surface area contributed by atoms with Crippen LogP contribution in [-0.2, 0) is 11.2 Å². The van der Waals surface area contributed by atoms with Gasteiger partial charge in [-0.3, -0.25) is 4.79 Å². The Morgan fingerprint density at radius 2 is 1.80 bits per heavy atom. The van der Waals surface area contributed by atoms with Gasteiger partial charge in [-0.2, -0.15) is 0 Å². The van der Waals surface area contributed by atoms with E-state index in [0.29, 0.717) is 11.5 Å². The minimum absolute atomic E-state index is 0.0896. The molecule has 0 fully saturated rings. The highest BCUT2D eigenvalue weighted by Crippen LogP contribution is 2.25. The van der Waals surface area contributed by atoms with Gasteiger partial charge in [0.05, 0.1) is 27.2 Å². The lowest BCUT2D eigenvalue weighted by molar-refractivity contribution is -0.120. The van der Waals surface area contributed by atoms with Gasteiger partial charge in [0.25, 0.3) is 0 Å². The zero-order chi connectivity index (χ0) is 17.9. The van der Waals surface area contributed by atoms with E-state index < -0.39 is 0 Å². The van der Waals surface area contributed by atoms with E-state index in [9.17, 15) is 4.79 Å². The van der Waals surface area contributed by atoms with E-state index in [4.69, 9.17) is 14.2 Å². The number of amides is 1. The third kappa shape index (κ3) is 6.11. The van der Waals surface area contributed by atoms with Crippen molar-refractivity contribution in [2.24, 2.45) is 0 Å². The monoisotopic (exact) mass is 339 g/mol. The molecule has 2 rings (SSSR count). The van der Waals surface area contributed by atoms with Crippen molar-refractivity contribution >= 4 is 5.91 Å². The molecule has 0 atom stereocenters. The van der Waals surface area contributed by atoms with Crippen LogP contribution in [0.2, 0.25) is 0 Å². The Labute approximate surface area is 147 Å². The Kier molecular flexibility index (Phi) is 7.20. The Balaban J connectivity index is 1.72. The normalized spacial score (nSPS) is 9.52. The first-order valence-corrected chi connectivity index (χ1v) is 7.84. The van der Waals surface area contributed by atoms with Gasteiger partial charge >= 0.3 is 0 Å². The van der Waals surface area contributed by atoms with E-state index >= 15 is 0 Å². The van der Waals surface area contributed by atoms with Crippen LogP contribution in [0, 0.1) is 11.8 Å². The number of carbonyl (C=O) groups excluding carboxylic acids is 1. The molecule has 1 amide bonds. The fourth-order valence-corrected chi connectivity index (χ4v) is 2.14. The van der Waals surface area contributed by atoms with Crippen LogP contribution in [0.15, 0.2) is 48.5 Å². The number of rotatable bonds is 7. The predicted molar refractivity (Wildman–Crippen MR) is 96.0 cm³/mol. The topological polar surface area (TPSA) is 56.8 Å². The average Bonchev–Trinajstić information content (AvgIpc) is 2.65. The number of benzene rings is 2. The van der Waals surface area contributed by atoms with Crippen molar-refractivity contribution in [3.63, 3.8) is 0 Å². The van der Waals surface area contributed by atoms with Crippen LogP contribution < -0.4 is 19.5 Å². The first kappa shape index (κ1) is 18.2. The third-order valence-electron chi connectivity index (χ3n) is 3.37. The maximum absolute atomic E-state index is 11.9. The molecule has 0 radical (unpaired) electrons. The standard InChI is InChI=1S/C20H21NO4/c1-23-17-9-7-8-16(14-17)15-20(22)21-12-5-6-13-25-19-11-4-3-10-18(19)24-2/h3-4,7-11,14H,12-13,15H2,1-2H3,(H,21,22). The van der Waals surface area contributed by atoms with E-state index in [0.717, 1.165) is 11.3 Å². The number of hydrogen-bond donors (Lipinski definition) is 1. The molecule has 1 N–H and O–H groups in total. The molecule has 25 heavy (non-hydrogen) atoms. The van der Waals surface area contributed by atoms with Crippen molar-refractivity contribution in [1.29, 1.82) is 0 Å². The Morgan fingerprint density at radius 3 is 2.56 bits per heavy atom. The molecule has 0 spiro atoms. The lowest BCUT2D eigenvalue weighted by atomic mass is 10.1. The van der Waals surface area contributed by atoms with Crippen molar-refractivity contribution in [3.8, 4) is 29.1 Å². The maximum Gasteiger partial charge on any atom is 0.225 e. The van der Waals surface area contributed by atoms with Crippen molar-refractivity contribution in [1.82, 2.24) is 5.32 Å². The lowest BCUT2D eigenvalue weighted by Crippen LogP contribution is -2.25. The molecule has 130 valence electrons. The number of hydrogen-bond acceptors (Lipinski definition) is 4. The Morgan fingerprint density at radius 1 is 1.00 bits per heavy atom. The zero-order valence-corrected chi connectivity index (χ0v) is 14.4. The predicted octanol–water partition coefficient (Wildman–Crippen LogP) is 2.44. The fraction of sp³-hybridized carbons (Fsp3) is 0.250. The highest BCUT2D eigenvalue weighted by atomic mass is 16.5. The summed E-state index contributed by atoms with van der Waals surface area (Å²) in [7, 11) is 3.19. The Bertz CT molecular complexity index is 762. The molecule has 0 aliphatic rings. The van der Waals surface area contributed by atoms with Crippen molar-refractivity contribution in [3.05, 3.63) is 54.1 Å². The summed E-state index contributed by atoms with van der Waals surface area (Å²) in [6.45, 7) is 0.504. The molecule has 0 saturated carbocycles. The first-order chi connectivity index (χ1) is 12.2. The molecule has 5 heteroatoms. The minimum Gasteiger partial charge on any atom is -0.497 e. The largest absolute Gasteiger partial charge is 0.497 e. The molecule has 0 aliphatic heterocycles. The molecular formula is C20H21NO4. The van der Waals surface area contributed by atoms with Crippen LogP contribution >= 0.6 is 0 Å². The van der Waals surface area contributed by atoms with E-state index in [2.05, 4.69) is 17.2 Å². The van der Waals surface area contributed by atoms with Crippen LogP contribution in [0.25, 0.3) is 0 Å². The zero-order valence-electron chi connectivity index (χ0n) is 14.4. The fourth-order valence-electron chi connectivity index (χ4n) is 2.14. The molecule has 0 aliphatic carbocycles.